The molecule has 3 rings (SSSR count). The highest BCUT2D eigenvalue weighted by molar-refractivity contribution is 7.71. The van der Waals surface area contributed by atoms with Gasteiger partial charge in [-0.05, 0) is 67.5 Å². The Bertz CT molecular complexity index is 815. The molecule has 108 valence electrons. The Labute approximate surface area is 129 Å². The van der Waals surface area contributed by atoms with Crippen molar-refractivity contribution >= 4 is 23.3 Å². The van der Waals surface area contributed by atoms with Gasteiger partial charge in [-0.1, -0.05) is 13.0 Å². The number of nitrogens with one attached hydrogen (secondary N) is 1. The number of imidazole rings is 1. The van der Waals surface area contributed by atoms with E-state index in [4.69, 9.17) is 17.0 Å². The van der Waals surface area contributed by atoms with Crippen molar-refractivity contribution in [3.63, 3.8) is 0 Å². The molecule has 4 heteroatoms. The molecule has 0 fully saturated rings. The highest BCUT2D eigenvalue weighted by Gasteiger charge is 2.07. The van der Waals surface area contributed by atoms with E-state index in [9.17, 15) is 0 Å². The van der Waals surface area contributed by atoms with Crippen molar-refractivity contribution in [2.24, 2.45) is 0 Å². The third-order valence-electron chi connectivity index (χ3n) is 3.41. The van der Waals surface area contributed by atoms with Crippen molar-refractivity contribution in [2.45, 2.75) is 20.3 Å². The fourth-order valence-electron chi connectivity index (χ4n) is 2.38. The number of benzene rings is 2. The molecular weight excluding hydrogens is 280 g/mol. The summed E-state index contributed by atoms with van der Waals surface area (Å²) in [5.74, 6) is 0.892. The van der Waals surface area contributed by atoms with Crippen LogP contribution in [0.3, 0.4) is 0 Å². The summed E-state index contributed by atoms with van der Waals surface area (Å²) in [5, 5.41) is 0. The zero-order chi connectivity index (χ0) is 14.8. The molecule has 21 heavy (non-hydrogen) atoms. The number of rotatable bonds is 4. The molecule has 0 aliphatic carbocycles. The SMILES string of the molecule is CCCOc1ccc(-n2c(=S)[nH]c3ccc(C)cc32)cc1. The van der Waals surface area contributed by atoms with E-state index in [0.717, 1.165) is 35.5 Å². The second kappa shape index (κ2) is 5.74. The van der Waals surface area contributed by atoms with E-state index in [1.54, 1.807) is 0 Å². The maximum absolute atomic E-state index is 5.62. The Morgan fingerprint density at radius 1 is 1.14 bits per heavy atom. The molecule has 0 saturated carbocycles. The summed E-state index contributed by atoms with van der Waals surface area (Å²) < 4.78 is 8.38. The Kier molecular flexibility index (Phi) is 3.80. The Balaban J connectivity index is 2.05. The van der Waals surface area contributed by atoms with Crippen LogP contribution in [-0.2, 0) is 0 Å². The van der Waals surface area contributed by atoms with Crippen molar-refractivity contribution in [3.8, 4) is 11.4 Å². The minimum atomic E-state index is 0.706. The van der Waals surface area contributed by atoms with E-state index in [2.05, 4.69) is 41.6 Å². The normalized spacial score (nSPS) is 11.0. The van der Waals surface area contributed by atoms with Crippen LogP contribution in [-0.4, -0.2) is 16.2 Å². The molecule has 0 unspecified atom stereocenters. The molecule has 3 nitrogen and oxygen atoms in total. The van der Waals surface area contributed by atoms with Gasteiger partial charge in [-0.2, -0.15) is 0 Å². The number of nitrogens with zero attached hydrogens (tertiary/aromatic N) is 1. The van der Waals surface area contributed by atoms with E-state index < -0.39 is 0 Å². The lowest BCUT2D eigenvalue weighted by molar-refractivity contribution is 0.317. The van der Waals surface area contributed by atoms with Crippen LogP contribution in [0.1, 0.15) is 18.9 Å². The van der Waals surface area contributed by atoms with Gasteiger partial charge in [0.15, 0.2) is 4.77 Å². The fraction of sp³-hybridized carbons (Fsp3) is 0.235. The number of aromatic amines is 1. The molecule has 0 aliphatic heterocycles. The Morgan fingerprint density at radius 2 is 1.90 bits per heavy atom. The largest absolute Gasteiger partial charge is 0.494 e. The average Bonchev–Trinajstić information content (AvgIpc) is 2.81. The van der Waals surface area contributed by atoms with Crippen LogP contribution in [0.4, 0.5) is 0 Å². The van der Waals surface area contributed by atoms with Crippen LogP contribution in [0.15, 0.2) is 42.5 Å². The first kappa shape index (κ1) is 13.9. The van der Waals surface area contributed by atoms with Crippen molar-refractivity contribution in [1.82, 2.24) is 9.55 Å². The molecule has 1 N–H and O–H groups in total. The number of ether oxygens (including phenoxy) is 1. The van der Waals surface area contributed by atoms with Gasteiger partial charge in [0.1, 0.15) is 5.75 Å². The van der Waals surface area contributed by atoms with Gasteiger partial charge in [-0.3, -0.25) is 4.57 Å². The van der Waals surface area contributed by atoms with Gasteiger partial charge in [-0.25, -0.2) is 0 Å². The highest BCUT2D eigenvalue weighted by atomic mass is 32.1. The van der Waals surface area contributed by atoms with Gasteiger partial charge in [0.2, 0.25) is 0 Å². The van der Waals surface area contributed by atoms with Crippen molar-refractivity contribution in [3.05, 3.63) is 52.8 Å². The summed E-state index contributed by atoms with van der Waals surface area (Å²) in [6, 6.07) is 14.3. The second-order valence-electron chi connectivity index (χ2n) is 5.13. The highest BCUT2D eigenvalue weighted by Crippen LogP contribution is 2.22. The first-order valence-electron chi connectivity index (χ1n) is 7.13. The number of fused-ring (bicyclic) bond motifs is 1. The van der Waals surface area contributed by atoms with E-state index >= 15 is 0 Å². The lowest BCUT2D eigenvalue weighted by Gasteiger charge is -2.08. The second-order valence-corrected chi connectivity index (χ2v) is 5.52. The van der Waals surface area contributed by atoms with Crippen molar-refractivity contribution in [1.29, 1.82) is 0 Å². The van der Waals surface area contributed by atoms with Crippen LogP contribution < -0.4 is 4.74 Å². The third-order valence-corrected chi connectivity index (χ3v) is 3.69. The molecule has 0 radical (unpaired) electrons. The van der Waals surface area contributed by atoms with Crippen molar-refractivity contribution in [2.75, 3.05) is 6.61 Å². The quantitative estimate of drug-likeness (QED) is 0.702. The summed E-state index contributed by atoms with van der Waals surface area (Å²) in [6.45, 7) is 4.93. The number of hydrogen-bond donors (Lipinski definition) is 1. The molecule has 1 heterocycles. The molecule has 0 atom stereocenters. The maximum Gasteiger partial charge on any atom is 0.182 e. The van der Waals surface area contributed by atoms with Gasteiger partial charge in [0.05, 0.1) is 17.6 Å². The van der Waals surface area contributed by atoms with Crippen LogP contribution >= 0.6 is 12.2 Å². The molecule has 3 aromatic rings. The topological polar surface area (TPSA) is 29.9 Å². The molecule has 2 aromatic carbocycles. The number of aryl methyl sites for hydroxylation is 1. The minimum Gasteiger partial charge on any atom is -0.494 e. The van der Waals surface area contributed by atoms with Gasteiger partial charge in [-0.15, -0.1) is 0 Å². The molecule has 0 bridgehead atoms. The monoisotopic (exact) mass is 298 g/mol. The smallest absolute Gasteiger partial charge is 0.182 e. The first-order valence-corrected chi connectivity index (χ1v) is 7.54. The average molecular weight is 298 g/mol. The zero-order valence-corrected chi connectivity index (χ0v) is 13.0. The maximum atomic E-state index is 5.62. The van der Waals surface area contributed by atoms with Crippen molar-refractivity contribution < 1.29 is 4.74 Å². The lowest BCUT2D eigenvalue weighted by atomic mass is 10.2. The van der Waals surface area contributed by atoms with Gasteiger partial charge in [0.25, 0.3) is 0 Å². The molecular formula is C17H18N2OS. The van der Waals surface area contributed by atoms with Crippen LogP contribution in [0, 0.1) is 11.7 Å². The fourth-order valence-corrected chi connectivity index (χ4v) is 2.69. The Morgan fingerprint density at radius 3 is 2.62 bits per heavy atom. The first-order chi connectivity index (χ1) is 10.2. The zero-order valence-electron chi connectivity index (χ0n) is 12.2. The minimum absolute atomic E-state index is 0.706. The summed E-state index contributed by atoms with van der Waals surface area (Å²) in [7, 11) is 0. The molecule has 0 spiro atoms. The molecule has 0 amide bonds. The third kappa shape index (κ3) is 2.72. The standard InChI is InChI=1S/C17H18N2OS/c1-3-10-20-14-7-5-13(6-8-14)19-16-11-12(2)4-9-15(16)18-17(19)21/h4-9,11H,3,10H2,1-2H3,(H,18,21). The summed E-state index contributed by atoms with van der Waals surface area (Å²) in [5.41, 5.74) is 4.41. The van der Waals surface area contributed by atoms with Crippen LogP contribution in [0.5, 0.6) is 5.75 Å². The summed E-state index contributed by atoms with van der Waals surface area (Å²) in [6.07, 6.45) is 1.01. The molecule has 0 saturated heterocycles. The lowest BCUT2D eigenvalue weighted by Crippen LogP contribution is -1.97. The number of H-pyrrole nitrogens is 1. The number of hydrogen-bond acceptors (Lipinski definition) is 2. The predicted molar refractivity (Wildman–Crippen MR) is 89.0 cm³/mol. The summed E-state index contributed by atoms with van der Waals surface area (Å²) >= 11 is 5.46. The van der Waals surface area contributed by atoms with Crippen LogP contribution in [0.25, 0.3) is 16.7 Å². The van der Waals surface area contributed by atoms with Gasteiger partial charge < -0.3 is 9.72 Å². The van der Waals surface area contributed by atoms with E-state index in [-0.39, 0.29) is 0 Å². The van der Waals surface area contributed by atoms with Crippen LogP contribution in [0.2, 0.25) is 0 Å². The Hall–Kier alpha value is -2.07. The van der Waals surface area contributed by atoms with Gasteiger partial charge in [0, 0.05) is 5.69 Å². The number of aromatic nitrogens is 2. The van der Waals surface area contributed by atoms with Gasteiger partial charge >= 0.3 is 0 Å². The summed E-state index contributed by atoms with van der Waals surface area (Å²) in [4.78, 5) is 3.25. The van der Waals surface area contributed by atoms with E-state index in [1.165, 1.54) is 5.56 Å². The van der Waals surface area contributed by atoms with E-state index in [0.29, 0.717) is 4.77 Å². The molecule has 0 aliphatic rings. The van der Waals surface area contributed by atoms with E-state index in [1.807, 2.05) is 24.3 Å². The molecule has 1 aromatic heterocycles. The predicted octanol–water partition coefficient (Wildman–Crippen LogP) is 4.79.